The lowest BCUT2D eigenvalue weighted by atomic mass is 10.1. The first-order valence-electron chi connectivity index (χ1n) is 7.72. The zero-order valence-electron chi connectivity index (χ0n) is 14.2. The van der Waals surface area contributed by atoms with E-state index in [1.54, 1.807) is 6.07 Å². The van der Waals surface area contributed by atoms with Crippen molar-refractivity contribution in [3.05, 3.63) is 23.7 Å². The van der Waals surface area contributed by atoms with Gasteiger partial charge in [0.2, 0.25) is 0 Å². The molecule has 1 aromatic rings. The molecule has 1 heterocycles. The first-order chi connectivity index (χ1) is 10.3. The summed E-state index contributed by atoms with van der Waals surface area (Å²) < 4.78 is 5.15. The smallest absolute Gasteiger partial charge is 0.287 e. The number of aryl methyl sites for hydroxylation is 1. The average molecular weight is 308 g/mol. The Morgan fingerprint density at radius 1 is 1.32 bits per heavy atom. The van der Waals surface area contributed by atoms with E-state index in [1.807, 2.05) is 13.8 Å². The van der Waals surface area contributed by atoms with Crippen molar-refractivity contribution in [3.8, 4) is 0 Å². The van der Waals surface area contributed by atoms with Gasteiger partial charge in [-0.05, 0) is 47.1 Å². The second-order valence-corrected chi connectivity index (χ2v) is 6.18. The Kier molecular flexibility index (Phi) is 6.95. The van der Waals surface area contributed by atoms with Crippen LogP contribution in [0.25, 0.3) is 0 Å². The topological polar surface area (TPSA) is 78.7 Å². The van der Waals surface area contributed by atoms with Gasteiger partial charge in [0.15, 0.2) is 11.7 Å². The highest BCUT2D eigenvalue weighted by atomic mass is 16.3. The number of furan rings is 1. The lowest BCUT2D eigenvalue weighted by Crippen LogP contribution is -2.47. The van der Waals surface area contributed by atoms with E-state index in [-0.39, 0.29) is 11.4 Å². The maximum atomic E-state index is 11.8. The van der Waals surface area contributed by atoms with Crippen molar-refractivity contribution < 1.29 is 9.21 Å². The van der Waals surface area contributed by atoms with Crippen LogP contribution < -0.4 is 16.0 Å². The Morgan fingerprint density at radius 2 is 2.05 bits per heavy atom. The number of carbonyl (C=O) groups excluding carboxylic acids is 1. The fourth-order valence-corrected chi connectivity index (χ4v) is 1.82. The fraction of sp³-hybridized carbons (Fsp3) is 0.625. The Hall–Kier alpha value is -1.98. The lowest BCUT2D eigenvalue weighted by molar-refractivity contribution is 0.0925. The SMILES string of the molecule is CCNC(=NCCCNC(=O)c1occc1C)NC(C)(C)C. The van der Waals surface area contributed by atoms with Gasteiger partial charge in [0.1, 0.15) is 0 Å². The van der Waals surface area contributed by atoms with Crippen LogP contribution in [0.4, 0.5) is 0 Å². The van der Waals surface area contributed by atoms with Crippen molar-refractivity contribution in [1.29, 1.82) is 0 Å². The highest BCUT2D eigenvalue weighted by Crippen LogP contribution is 2.07. The van der Waals surface area contributed by atoms with Gasteiger partial charge >= 0.3 is 0 Å². The quantitative estimate of drug-likeness (QED) is 0.427. The number of hydrogen-bond acceptors (Lipinski definition) is 3. The van der Waals surface area contributed by atoms with E-state index in [1.165, 1.54) is 6.26 Å². The van der Waals surface area contributed by atoms with Gasteiger partial charge in [0, 0.05) is 30.7 Å². The molecule has 0 aromatic carbocycles. The molecule has 1 aromatic heterocycles. The average Bonchev–Trinajstić information content (AvgIpc) is 2.83. The zero-order chi connectivity index (χ0) is 16.6. The molecular formula is C16H28N4O2. The summed E-state index contributed by atoms with van der Waals surface area (Å²) >= 11 is 0. The maximum Gasteiger partial charge on any atom is 0.287 e. The summed E-state index contributed by atoms with van der Waals surface area (Å²) in [6.45, 7) is 12.2. The van der Waals surface area contributed by atoms with Crippen molar-refractivity contribution >= 4 is 11.9 Å². The molecular weight excluding hydrogens is 280 g/mol. The highest BCUT2D eigenvalue weighted by molar-refractivity contribution is 5.92. The second kappa shape index (κ2) is 8.46. The molecule has 0 saturated heterocycles. The Balaban J connectivity index is 2.34. The van der Waals surface area contributed by atoms with Crippen LogP contribution in [0.3, 0.4) is 0 Å². The van der Waals surface area contributed by atoms with Crippen molar-refractivity contribution in [3.63, 3.8) is 0 Å². The number of hydrogen-bond donors (Lipinski definition) is 3. The molecule has 6 nitrogen and oxygen atoms in total. The van der Waals surface area contributed by atoms with E-state index in [0.717, 1.165) is 24.5 Å². The van der Waals surface area contributed by atoms with Gasteiger partial charge in [0.05, 0.1) is 6.26 Å². The molecule has 0 aliphatic heterocycles. The molecule has 3 N–H and O–H groups in total. The molecule has 1 amide bonds. The van der Waals surface area contributed by atoms with E-state index in [2.05, 4.69) is 41.7 Å². The van der Waals surface area contributed by atoms with E-state index < -0.39 is 0 Å². The van der Waals surface area contributed by atoms with E-state index in [0.29, 0.717) is 18.8 Å². The van der Waals surface area contributed by atoms with Crippen molar-refractivity contribution in [2.24, 2.45) is 4.99 Å². The summed E-state index contributed by atoms with van der Waals surface area (Å²) in [7, 11) is 0. The highest BCUT2D eigenvalue weighted by Gasteiger charge is 2.12. The monoisotopic (exact) mass is 308 g/mol. The number of rotatable bonds is 6. The van der Waals surface area contributed by atoms with Crippen LogP contribution in [0.2, 0.25) is 0 Å². The third-order valence-corrected chi connectivity index (χ3v) is 2.80. The fourth-order valence-electron chi connectivity index (χ4n) is 1.82. The standard InChI is InChI=1S/C16H28N4O2/c1-6-17-15(20-16(3,4)5)19-10-7-9-18-14(21)13-12(2)8-11-22-13/h8,11H,6-7,9-10H2,1-5H3,(H,18,21)(H2,17,19,20). The lowest BCUT2D eigenvalue weighted by Gasteiger charge is -2.23. The maximum absolute atomic E-state index is 11.8. The van der Waals surface area contributed by atoms with Crippen LogP contribution in [0.1, 0.15) is 50.2 Å². The minimum absolute atomic E-state index is 0.0357. The number of nitrogens with zero attached hydrogens (tertiary/aromatic N) is 1. The van der Waals surface area contributed by atoms with Crippen LogP contribution in [-0.2, 0) is 0 Å². The van der Waals surface area contributed by atoms with Gasteiger partial charge in [0.25, 0.3) is 5.91 Å². The van der Waals surface area contributed by atoms with Crippen molar-refractivity contribution in [1.82, 2.24) is 16.0 Å². The summed E-state index contributed by atoms with van der Waals surface area (Å²) in [5.41, 5.74) is 0.811. The molecule has 0 spiro atoms. The summed E-state index contributed by atoms with van der Waals surface area (Å²) in [5, 5.41) is 9.37. The first-order valence-corrected chi connectivity index (χ1v) is 7.72. The predicted molar refractivity (Wildman–Crippen MR) is 89.3 cm³/mol. The van der Waals surface area contributed by atoms with Crippen LogP contribution in [0.15, 0.2) is 21.7 Å². The minimum atomic E-state index is -0.175. The van der Waals surface area contributed by atoms with E-state index in [4.69, 9.17) is 4.42 Å². The third-order valence-electron chi connectivity index (χ3n) is 2.80. The molecule has 0 radical (unpaired) electrons. The second-order valence-electron chi connectivity index (χ2n) is 6.18. The van der Waals surface area contributed by atoms with Crippen LogP contribution in [-0.4, -0.2) is 37.0 Å². The van der Waals surface area contributed by atoms with E-state index >= 15 is 0 Å². The van der Waals surface area contributed by atoms with Crippen molar-refractivity contribution in [2.45, 2.75) is 46.6 Å². The molecule has 1 rings (SSSR count). The molecule has 6 heteroatoms. The Morgan fingerprint density at radius 3 is 2.59 bits per heavy atom. The Labute approximate surface area is 132 Å². The number of nitrogens with one attached hydrogen (secondary N) is 3. The number of aliphatic imine (C=N–C) groups is 1. The molecule has 0 bridgehead atoms. The molecule has 0 aliphatic rings. The molecule has 0 saturated carbocycles. The number of amides is 1. The van der Waals surface area contributed by atoms with Gasteiger partial charge in [-0.15, -0.1) is 0 Å². The van der Waals surface area contributed by atoms with Crippen molar-refractivity contribution in [2.75, 3.05) is 19.6 Å². The molecule has 22 heavy (non-hydrogen) atoms. The van der Waals surface area contributed by atoms with Crippen LogP contribution >= 0.6 is 0 Å². The van der Waals surface area contributed by atoms with Gasteiger partial charge in [-0.3, -0.25) is 9.79 Å². The van der Waals surface area contributed by atoms with E-state index in [9.17, 15) is 4.79 Å². The minimum Gasteiger partial charge on any atom is -0.459 e. The molecule has 0 aliphatic carbocycles. The molecule has 0 fully saturated rings. The third kappa shape index (κ3) is 6.65. The molecule has 0 unspecified atom stereocenters. The predicted octanol–water partition coefficient (Wildman–Crippen LogP) is 2.06. The van der Waals surface area contributed by atoms with Crippen LogP contribution in [0, 0.1) is 6.92 Å². The summed E-state index contributed by atoms with van der Waals surface area (Å²) in [4.78, 5) is 16.3. The number of carbonyl (C=O) groups is 1. The Bertz CT molecular complexity index is 500. The van der Waals surface area contributed by atoms with Gasteiger partial charge in [-0.1, -0.05) is 0 Å². The number of guanidine groups is 1. The molecule has 0 atom stereocenters. The summed E-state index contributed by atoms with van der Waals surface area (Å²) in [6, 6.07) is 1.78. The normalized spacial score (nSPS) is 12.1. The summed E-state index contributed by atoms with van der Waals surface area (Å²) in [5.74, 6) is 1.00. The van der Waals surface area contributed by atoms with Crippen LogP contribution in [0.5, 0.6) is 0 Å². The first kappa shape index (κ1) is 18.1. The van der Waals surface area contributed by atoms with Gasteiger partial charge in [-0.2, -0.15) is 0 Å². The largest absolute Gasteiger partial charge is 0.459 e. The zero-order valence-corrected chi connectivity index (χ0v) is 14.2. The van der Waals surface area contributed by atoms with Gasteiger partial charge < -0.3 is 20.4 Å². The molecule has 124 valence electrons. The summed E-state index contributed by atoms with van der Waals surface area (Å²) in [6.07, 6.45) is 2.29. The van der Waals surface area contributed by atoms with Gasteiger partial charge in [-0.25, -0.2) is 0 Å².